The van der Waals surface area contributed by atoms with Gasteiger partial charge in [-0.25, -0.2) is 0 Å². The number of aliphatic carboxylic acids is 1. The number of benzene rings is 2. The molecule has 0 unspecified atom stereocenters. The Hall–Kier alpha value is -2.89. The molecule has 0 aromatic heterocycles. The van der Waals surface area contributed by atoms with E-state index in [0.29, 0.717) is 31.1 Å². The Labute approximate surface area is 147 Å². The zero-order chi connectivity index (χ0) is 17.9. The predicted molar refractivity (Wildman–Crippen MR) is 95.2 cm³/mol. The summed E-state index contributed by atoms with van der Waals surface area (Å²) < 4.78 is 11.0. The third kappa shape index (κ3) is 7.03. The first kappa shape index (κ1) is 18.4. The molecule has 0 heterocycles. The zero-order valence-corrected chi connectivity index (χ0v) is 14.2. The molecule has 0 amide bonds. The predicted octanol–water partition coefficient (Wildman–Crippen LogP) is 5.13. The van der Waals surface area contributed by atoms with Crippen LogP contribution in [0.3, 0.4) is 0 Å². The van der Waals surface area contributed by atoms with Gasteiger partial charge in [-0.15, -0.1) is 0 Å². The second kappa shape index (κ2) is 10.1. The van der Waals surface area contributed by atoms with Crippen molar-refractivity contribution in [2.75, 3.05) is 13.2 Å². The second-order valence-electron chi connectivity index (χ2n) is 5.38. The number of ether oxygens (including phenoxy) is 2. The first-order chi connectivity index (χ1) is 12.2. The fraction of sp³-hybridized carbons (Fsp3) is 0.316. The van der Waals surface area contributed by atoms with Gasteiger partial charge in [0.15, 0.2) is 0 Å². The van der Waals surface area contributed by atoms with Crippen LogP contribution in [-0.2, 0) is 4.79 Å². The van der Waals surface area contributed by atoms with Crippen LogP contribution in [0.25, 0.3) is 0 Å². The molecule has 0 atom stereocenters. The van der Waals surface area contributed by atoms with Crippen molar-refractivity contribution < 1.29 is 19.4 Å². The smallest absolute Gasteiger partial charge is 0.303 e. The van der Waals surface area contributed by atoms with Crippen LogP contribution in [-0.4, -0.2) is 24.3 Å². The van der Waals surface area contributed by atoms with Crippen molar-refractivity contribution in [1.29, 1.82) is 0 Å². The Morgan fingerprint density at radius 1 is 0.880 bits per heavy atom. The van der Waals surface area contributed by atoms with Crippen LogP contribution in [0.5, 0.6) is 11.5 Å². The molecule has 1 N–H and O–H groups in total. The van der Waals surface area contributed by atoms with Crippen LogP contribution < -0.4 is 9.47 Å². The van der Waals surface area contributed by atoms with Crippen LogP contribution >= 0.6 is 0 Å². The fourth-order valence-corrected chi connectivity index (χ4v) is 1.97. The summed E-state index contributed by atoms with van der Waals surface area (Å²) in [5.41, 5.74) is 1.46. The quantitative estimate of drug-likeness (QED) is 0.479. The van der Waals surface area contributed by atoms with Crippen molar-refractivity contribution in [1.82, 2.24) is 0 Å². The molecule has 2 aromatic carbocycles. The summed E-state index contributed by atoms with van der Waals surface area (Å²) in [6.45, 7) is 3.14. The van der Waals surface area contributed by atoms with Crippen molar-refractivity contribution in [3.8, 4) is 11.5 Å². The highest BCUT2D eigenvalue weighted by atomic mass is 16.5. The number of nitrogens with zero attached hydrogens (tertiary/aromatic N) is 2. The van der Waals surface area contributed by atoms with Gasteiger partial charge in [-0.05, 0) is 61.4 Å². The Bertz CT molecular complexity index is 682. The lowest BCUT2D eigenvalue weighted by molar-refractivity contribution is -0.137. The molecular formula is C19H22N2O4. The van der Waals surface area contributed by atoms with Gasteiger partial charge in [0.25, 0.3) is 0 Å². The third-order valence-corrected chi connectivity index (χ3v) is 3.23. The number of hydrogen-bond acceptors (Lipinski definition) is 5. The lowest BCUT2D eigenvalue weighted by Crippen LogP contribution is -2.01. The molecular weight excluding hydrogens is 320 g/mol. The summed E-state index contributed by atoms with van der Waals surface area (Å²) in [5.74, 6) is 0.691. The highest BCUT2D eigenvalue weighted by Crippen LogP contribution is 2.23. The number of carboxylic acids is 1. The van der Waals surface area contributed by atoms with Crippen molar-refractivity contribution in [3.05, 3.63) is 48.5 Å². The monoisotopic (exact) mass is 342 g/mol. The topological polar surface area (TPSA) is 80.5 Å². The second-order valence-corrected chi connectivity index (χ2v) is 5.38. The lowest BCUT2D eigenvalue weighted by atomic mass is 10.3. The molecule has 0 saturated heterocycles. The van der Waals surface area contributed by atoms with Crippen molar-refractivity contribution in [2.45, 2.75) is 26.2 Å². The molecule has 6 nitrogen and oxygen atoms in total. The number of rotatable bonds is 10. The maximum atomic E-state index is 10.4. The Morgan fingerprint density at radius 2 is 1.36 bits per heavy atom. The summed E-state index contributed by atoms with van der Waals surface area (Å²) in [5, 5.41) is 16.9. The molecule has 0 aliphatic heterocycles. The van der Waals surface area contributed by atoms with Gasteiger partial charge in [-0.2, -0.15) is 10.2 Å². The summed E-state index contributed by atoms with van der Waals surface area (Å²) in [7, 11) is 0. The summed E-state index contributed by atoms with van der Waals surface area (Å²) in [6.07, 6.45) is 1.56. The van der Waals surface area contributed by atoms with Gasteiger partial charge >= 0.3 is 5.97 Å². The molecule has 0 bridgehead atoms. The minimum absolute atomic E-state index is 0.106. The molecule has 2 aromatic rings. The van der Waals surface area contributed by atoms with Crippen LogP contribution in [0, 0.1) is 0 Å². The Balaban J connectivity index is 1.83. The molecule has 0 aliphatic carbocycles. The van der Waals surface area contributed by atoms with Gasteiger partial charge in [0.05, 0.1) is 24.6 Å². The first-order valence-electron chi connectivity index (χ1n) is 8.26. The van der Waals surface area contributed by atoms with E-state index in [2.05, 4.69) is 17.2 Å². The number of azo groups is 1. The molecule has 0 spiro atoms. The average Bonchev–Trinajstić information content (AvgIpc) is 2.63. The maximum Gasteiger partial charge on any atom is 0.303 e. The minimum Gasteiger partial charge on any atom is -0.494 e. The van der Waals surface area contributed by atoms with E-state index in [-0.39, 0.29) is 6.42 Å². The van der Waals surface area contributed by atoms with E-state index in [1.165, 1.54) is 0 Å². The van der Waals surface area contributed by atoms with Crippen LogP contribution in [0.1, 0.15) is 26.2 Å². The highest BCUT2D eigenvalue weighted by molar-refractivity contribution is 5.66. The van der Waals surface area contributed by atoms with E-state index < -0.39 is 5.97 Å². The van der Waals surface area contributed by atoms with E-state index in [1.807, 2.05) is 24.3 Å². The molecule has 0 aliphatic rings. The van der Waals surface area contributed by atoms with Crippen molar-refractivity contribution in [2.24, 2.45) is 10.2 Å². The van der Waals surface area contributed by atoms with Gasteiger partial charge < -0.3 is 14.6 Å². The standard InChI is InChI=1S/C19H22N2O4/c1-2-13-24-17-9-5-15(6-10-17)20-21-16-7-11-18(12-8-16)25-14-3-4-19(22)23/h5-12H,2-4,13-14H2,1H3,(H,22,23). The van der Waals surface area contributed by atoms with E-state index >= 15 is 0 Å². The van der Waals surface area contributed by atoms with Crippen molar-refractivity contribution in [3.63, 3.8) is 0 Å². The molecule has 6 heteroatoms. The normalized spacial score (nSPS) is 10.8. The number of carbonyl (C=O) groups is 1. The van der Waals surface area contributed by atoms with Crippen LogP contribution in [0.15, 0.2) is 58.8 Å². The van der Waals surface area contributed by atoms with Gasteiger partial charge in [-0.3, -0.25) is 4.79 Å². The van der Waals surface area contributed by atoms with Gasteiger partial charge in [0, 0.05) is 6.42 Å². The van der Waals surface area contributed by atoms with Gasteiger partial charge in [0.2, 0.25) is 0 Å². The minimum atomic E-state index is -0.815. The highest BCUT2D eigenvalue weighted by Gasteiger charge is 1.99. The van der Waals surface area contributed by atoms with E-state index in [0.717, 1.165) is 17.9 Å². The maximum absolute atomic E-state index is 10.4. The van der Waals surface area contributed by atoms with Gasteiger partial charge in [-0.1, -0.05) is 6.92 Å². The number of carboxylic acid groups (broad SMARTS) is 1. The SMILES string of the molecule is CCCOc1ccc(N=Nc2ccc(OCCCC(=O)O)cc2)cc1. The molecule has 132 valence electrons. The van der Waals surface area contributed by atoms with Crippen molar-refractivity contribution >= 4 is 17.3 Å². The molecule has 0 radical (unpaired) electrons. The molecule has 0 saturated carbocycles. The Kier molecular flexibility index (Phi) is 7.43. The molecule has 0 fully saturated rings. The molecule has 2 rings (SSSR count). The summed E-state index contributed by atoms with van der Waals surface area (Å²) >= 11 is 0. The molecule has 25 heavy (non-hydrogen) atoms. The van der Waals surface area contributed by atoms with E-state index in [4.69, 9.17) is 14.6 Å². The zero-order valence-electron chi connectivity index (χ0n) is 14.2. The lowest BCUT2D eigenvalue weighted by Gasteiger charge is -2.05. The summed E-state index contributed by atoms with van der Waals surface area (Å²) in [4.78, 5) is 10.4. The fourth-order valence-electron chi connectivity index (χ4n) is 1.97. The Morgan fingerprint density at radius 3 is 1.80 bits per heavy atom. The van der Waals surface area contributed by atoms with Crippen LogP contribution in [0.2, 0.25) is 0 Å². The van der Waals surface area contributed by atoms with E-state index in [9.17, 15) is 4.79 Å². The number of hydrogen-bond donors (Lipinski definition) is 1. The third-order valence-electron chi connectivity index (χ3n) is 3.23. The van der Waals surface area contributed by atoms with E-state index in [1.54, 1.807) is 24.3 Å². The van der Waals surface area contributed by atoms with Crippen LogP contribution in [0.4, 0.5) is 11.4 Å². The largest absolute Gasteiger partial charge is 0.494 e. The summed E-state index contributed by atoms with van der Waals surface area (Å²) in [6, 6.07) is 14.6. The first-order valence-corrected chi connectivity index (χ1v) is 8.26. The average molecular weight is 342 g/mol. The van der Waals surface area contributed by atoms with Gasteiger partial charge in [0.1, 0.15) is 11.5 Å².